The summed E-state index contributed by atoms with van der Waals surface area (Å²) in [5.74, 6) is 1.79. The molecule has 1 aliphatic heterocycles. The van der Waals surface area contributed by atoms with Crippen LogP contribution in [-0.4, -0.2) is 32.5 Å². The molecule has 4 aromatic rings. The number of H-pyrrole nitrogens is 1. The molecular formula is C22H19BrN4O2S. The maximum atomic E-state index is 13.4. The van der Waals surface area contributed by atoms with Gasteiger partial charge in [-0.2, -0.15) is 4.98 Å². The zero-order valence-corrected chi connectivity index (χ0v) is 18.7. The van der Waals surface area contributed by atoms with E-state index in [0.717, 1.165) is 21.3 Å². The molecule has 0 saturated heterocycles. The normalized spacial score (nSPS) is 13.6. The zero-order chi connectivity index (χ0) is 20.7. The van der Waals surface area contributed by atoms with Gasteiger partial charge in [-0.1, -0.05) is 29.4 Å². The van der Waals surface area contributed by atoms with Gasteiger partial charge in [0.15, 0.2) is 5.82 Å². The van der Waals surface area contributed by atoms with Crippen molar-refractivity contribution in [1.29, 1.82) is 0 Å². The molecule has 152 valence electrons. The number of carbonyl (C=O) groups excluding carboxylic acids is 1. The van der Waals surface area contributed by atoms with Gasteiger partial charge in [0.25, 0.3) is 5.91 Å². The standard InChI is InChI=1S/C22H19BrN4O2S/c1-13-24-20(26-29-13)12-30-19-8-3-2-5-15(19)22(28)27-10-9-18-16(11-27)14-6-4-7-17(23)21(14)25-18/h2-8,25H,9-12H2,1H3. The number of benzene rings is 2. The lowest BCUT2D eigenvalue weighted by molar-refractivity contribution is 0.0731. The Morgan fingerprint density at radius 3 is 2.97 bits per heavy atom. The van der Waals surface area contributed by atoms with E-state index in [1.807, 2.05) is 41.3 Å². The number of thioether (sulfide) groups is 1. The topological polar surface area (TPSA) is 75.0 Å². The number of amides is 1. The van der Waals surface area contributed by atoms with Crippen molar-refractivity contribution >= 4 is 44.5 Å². The van der Waals surface area contributed by atoms with Crippen LogP contribution in [0.3, 0.4) is 0 Å². The molecule has 0 fully saturated rings. The molecule has 0 spiro atoms. The maximum Gasteiger partial charge on any atom is 0.255 e. The highest BCUT2D eigenvalue weighted by Crippen LogP contribution is 2.33. The molecule has 1 amide bonds. The Balaban J connectivity index is 1.39. The SMILES string of the molecule is Cc1nc(CSc2ccccc2C(=O)N2CCc3[nH]c4c(Br)cccc4c3C2)no1. The van der Waals surface area contributed by atoms with Gasteiger partial charge >= 0.3 is 0 Å². The van der Waals surface area contributed by atoms with Crippen molar-refractivity contribution in [2.45, 2.75) is 30.5 Å². The smallest absolute Gasteiger partial charge is 0.255 e. The van der Waals surface area contributed by atoms with Crippen LogP contribution in [0.15, 0.2) is 56.4 Å². The van der Waals surface area contributed by atoms with E-state index >= 15 is 0 Å². The van der Waals surface area contributed by atoms with Crippen LogP contribution in [0.25, 0.3) is 10.9 Å². The van der Waals surface area contributed by atoms with Crippen molar-refractivity contribution in [2.75, 3.05) is 6.54 Å². The molecule has 2 aromatic carbocycles. The van der Waals surface area contributed by atoms with E-state index in [4.69, 9.17) is 4.52 Å². The Hall–Kier alpha value is -2.58. The number of aryl methyl sites for hydroxylation is 1. The molecule has 3 heterocycles. The van der Waals surface area contributed by atoms with Crippen LogP contribution >= 0.6 is 27.7 Å². The average Bonchev–Trinajstić information content (AvgIpc) is 3.35. The van der Waals surface area contributed by atoms with E-state index in [-0.39, 0.29) is 5.91 Å². The molecule has 0 radical (unpaired) electrons. The molecular weight excluding hydrogens is 464 g/mol. The monoisotopic (exact) mass is 482 g/mol. The van der Waals surface area contributed by atoms with Crippen molar-refractivity contribution in [3.8, 4) is 0 Å². The number of hydrogen-bond acceptors (Lipinski definition) is 5. The average molecular weight is 483 g/mol. The van der Waals surface area contributed by atoms with Crippen molar-refractivity contribution in [3.63, 3.8) is 0 Å². The van der Waals surface area contributed by atoms with Gasteiger partial charge in [-0.05, 0) is 34.1 Å². The van der Waals surface area contributed by atoms with Gasteiger partial charge in [0.05, 0.1) is 16.8 Å². The fourth-order valence-corrected chi connectivity index (χ4v) is 5.21. The Morgan fingerprint density at radius 1 is 1.27 bits per heavy atom. The van der Waals surface area contributed by atoms with Crippen LogP contribution in [-0.2, 0) is 18.7 Å². The minimum atomic E-state index is 0.0531. The van der Waals surface area contributed by atoms with Crippen molar-refractivity contribution in [2.24, 2.45) is 0 Å². The first-order valence-corrected chi connectivity index (χ1v) is 11.5. The summed E-state index contributed by atoms with van der Waals surface area (Å²) >= 11 is 5.17. The number of rotatable bonds is 4. The fourth-order valence-electron chi connectivity index (χ4n) is 3.86. The Bertz CT molecular complexity index is 1250. The quantitative estimate of drug-likeness (QED) is 0.409. The number of carbonyl (C=O) groups is 1. The van der Waals surface area contributed by atoms with Crippen LogP contribution in [0, 0.1) is 6.92 Å². The third-order valence-corrected chi connectivity index (χ3v) is 7.02. The molecule has 0 atom stereocenters. The van der Waals surface area contributed by atoms with Gasteiger partial charge in [0.1, 0.15) is 0 Å². The van der Waals surface area contributed by atoms with Crippen LogP contribution in [0.5, 0.6) is 0 Å². The lowest BCUT2D eigenvalue weighted by Crippen LogP contribution is -2.36. The first-order chi connectivity index (χ1) is 14.6. The highest BCUT2D eigenvalue weighted by molar-refractivity contribution is 9.10. The Morgan fingerprint density at radius 2 is 2.13 bits per heavy atom. The molecule has 30 heavy (non-hydrogen) atoms. The second-order valence-corrected chi connectivity index (χ2v) is 9.11. The van der Waals surface area contributed by atoms with Crippen molar-refractivity contribution < 1.29 is 9.32 Å². The number of aromatic nitrogens is 3. The molecule has 1 N–H and O–H groups in total. The zero-order valence-electron chi connectivity index (χ0n) is 16.3. The summed E-state index contributed by atoms with van der Waals surface area (Å²) in [6.45, 7) is 3.07. The first kappa shape index (κ1) is 19.4. The molecule has 0 aliphatic carbocycles. The predicted octanol–water partition coefficient (Wildman–Crippen LogP) is 5.11. The van der Waals surface area contributed by atoms with Gasteiger partial charge in [0, 0.05) is 52.4 Å². The van der Waals surface area contributed by atoms with Crippen molar-refractivity contribution in [1.82, 2.24) is 20.0 Å². The summed E-state index contributed by atoms with van der Waals surface area (Å²) in [4.78, 5) is 24.0. The summed E-state index contributed by atoms with van der Waals surface area (Å²) < 4.78 is 6.09. The van der Waals surface area contributed by atoms with Crippen LogP contribution in [0.4, 0.5) is 0 Å². The molecule has 6 nitrogen and oxygen atoms in total. The van der Waals surface area contributed by atoms with Gasteiger partial charge in [0.2, 0.25) is 5.89 Å². The largest absolute Gasteiger partial charge is 0.357 e. The summed E-state index contributed by atoms with van der Waals surface area (Å²) in [6, 6.07) is 13.9. The van der Waals surface area contributed by atoms with E-state index in [1.54, 1.807) is 18.7 Å². The Kier molecular flexibility index (Phi) is 5.12. The first-order valence-electron chi connectivity index (χ1n) is 9.68. The molecule has 8 heteroatoms. The number of fused-ring (bicyclic) bond motifs is 3. The van der Waals surface area contributed by atoms with E-state index in [1.165, 1.54) is 16.6 Å². The second-order valence-electron chi connectivity index (χ2n) is 7.24. The summed E-state index contributed by atoms with van der Waals surface area (Å²) in [6.07, 6.45) is 0.819. The van der Waals surface area contributed by atoms with E-state index in [9.17, 15) is 4.79 Å². The number of halogens is 1. The number of para-hydroxylation sites is 1. The second kappa shape index (κ2) is 7.92. The summed E-state index contributed by atoms with van der Waals surface area (Å²) in [7, 11) is 0. The predicted molar refractivity (Wildman–Crippen MR) is 119 cm³/mol. The van der Waals surface area contributed by atoms with Gasteiger partial charge < -0.3 is 14.4 Å². The molecule has 1 aliphatic rings. The number of aromatic amines is 1. The van der Waals surface area contributed by atoms with Gasteiger partial charge in [-0.25, -0.2) is 0 Å². The van der Waals surface area contributed by atoms with E-state index in [0.29, 0.717) is 36.1 Å². The third kappa shape index (κ3) is 3.54. The van der Waals surface area contributed by atoms with Crippen LogP contribution in [0.1, 0.15) is 33.3 Å². The van der Waals surface area contributed by atoms with Crippen LogP contribution < -0.4 is 0 Å². The fraction of sp³-hybridized carbons (Fsp3) is 0.227. The van der Waals surface area contributed by atoms with Gasteiger partial charge in [-0.15, -0.1) is 11.8 Å². The number of hydrogen-bond donors (Lipinski definition) is 1. The lowest BCUT2D eigenvalue weighted by Gasteiger charge is -2.28. The molecule has 0 saturated carbocycles. The number of nitrogens with one attached hydrogen (secondary N) is 1. The Labute approximate surface area is 186 Å². The molecule has 0 unspecified atom stereocenters. The van der Waals surface area contributed by atoms with E-state index < -0.39 is 0 Å². The maximum absolute atomic E-state index is 13.4. The minimum Gasteiger partial charge on any atom is -0.357 e. The third-order valence-electron chi connectivity index (χ3n) is 5.29. The highest BCUT2D eigenvalue weighted by atomic mass is 79.9. The molecule has 0 bridgehead atoms. The van der Waals surface area contributed by atoms with Crippen molar-refractivity contribution in [3.05, 3.63) is 75.5 Å². The summed E-state index contributed by atoms with van der Waals surface area (Å²) in [5.41, 5.74) is 4.24. The van der Waals surface area contributed by atoms with Gasteiger partial charge in [-0.3, -0.25) is 4.79 Å². The summed E-state index contributed by atoms with van der Waals surface area (Å²) in [5, 5.41) is 5.11. The lowest BCUT2D eigenvalue weighted by atomic mass is 10.0. The van der Waals surface area contributed by atoms with E-state index in [2.05, 4.69) is 37.1 Å². The molecule has 2 aromatic heterocycles. The number of nitrogens with zero attached hydrogens (tertiary/aromatic N) is 3. The van der Waals surface area contributed by atoms with Crippen LogP contribution in [0.2, 0.25) is 0 Å². The highest BCUT2D eigenvalue weighted by Gasteiger charge is 2.26. The molecule has 5 rings (SSSR count). The minimum absolute atomic E-state index is 0.0531.